The third-order valence-corrected chi connectivity index (χ3v) is 2.85. The summed E-state index contributed by atoms with van der Waals surface area (Å²) in [4.78, 5) is 6.53. The van der Waals surface area contributed by atoms with Gasteiger partial charge in [0.25, 0.3) is 0 Å². The number of pyridine rings is 1. The number of aryl methyl sites for hydroxylation is 1. The number of ether oxygens (including phenoxy) is 1. The Labute approximate surface area is 101 Å². The molecule has 1 unspecified atom stereocenters. The summed E-state index contributed by atoms with van der Waals surface area (Å²) in [5.74, 6) is 0.843. The van der Waals surface area contributed by atoms with Crippen LogP contribution in [0.1, 0.15) is 11.3 Å². The van der Waals surface area contributed by atoms with E-state index < -0.39 is 0 Å². The lowest BCUT2D eigenvalue weighted by Crippen LogP contribution is -2.44. The van der Waals surface area contributed by atoms with Crippen LogP contribution in [0.5, 0.6) is 0 Å². The summed E-state index contributed by atoms with van der Waals surface area (Å²) in [5.41, 5.74) is 1.75. The molecule has 1 aromatic rings. The van der Waals surface area contributed by atoms with E-state index >= 15 is 0 Å². The van der Waals surface area contributed by atoms with Crippen molar-refractivity contribution < 1.29 is 14.9 Å². The van der Waals surface area contributed by atoms with Crippen LogP contribution < -0.4 is 4.90 Å². The molecule has 2 heterocycles. The lowest BCUT2D eigenvalue weighted by Gasteiger charge is -2.33. The van der Waals surface area contributed by atoms with Crippen molar-refractivity contribution in [2.24, 2.45) is 0 Å². The molecule has 5 nitrogen and oxygen atoms in total. The van der Waals surface area contributed by atoms with Gasteiger partial charge in [0.1, 0.15) is 5.82 Å². The van der Waals surface area contributed by atoms with Crippen LogP contribution in [0.4, 0.5) is 5.82 Å². The molecule has 0 amide bonds. The number of anilines is 1. The Kier molecular flexibility index (Phi) is 3.93. The fraction of sp³-hybridized carbons (Fsp3) is 0.583. The van der Waals surface area contributed by atoms with Crippen molar-refractivity contribution in [3.8, 4) is 0 Å². The van der Waals surface area contributed by atoms with Crippen LogP contribution in [-0.4, -0.2) is 47.6 Å². The van der Waals surface area contributed by atoms with Gasteiger partial charge in [0.15, 0.2) is 0 Å². The first-order valence-electron chi connectivity index (χ1n) is 5.78. The monoisotopic (exact) mass is 238 g/mol. The number of morpholine rings is 1. The number of nitrogens with zero attached hydrogens (tertiary/aromatic N) is 2. The summed E-state index contributed by atoms with van der Waals surface area (Å²) < 4.78 is 5.40. The molecule has 1 atom stereocenters. The van der Waals surface area contributed by atoms with E-state index in [4.69, 9.17) is 9.84 Å². The highest BCUT2D eigenvalue weighted by molar-refractivity contribution is 5.43. The van der Waals surface area contributed by atoms with Crippen LogP contribution in [-0.2, 0) is 11.3 Å². The summed E-state index contributed by atoms with van der Waals surface area (Å²) in [6, 6.07) is 3.75. The Hall–Kier alpha value is -1.17. The molecule has 1 aromatic heterocycles. The van der Waals surface area contributed by atoms with Gasteiger partial charge in [-0.1, -0.05) is 0 Å². The maximum absolute atomic E-state index is 9.17. The Morgan fingerprint density at radius 1 is 1.47 bits per heavy atom. The van der Waals surface area contributed by atoms with Crippen LogP contribution in [0.3, 0.4) is 0 Å². The molecule has 1 fully saturated rings. The Bertz CT molecular complexity index is 384. The normalized spacial score (nSPS) is 20.6. The van der Waals surface area contributed by atoms with Gasteiger partial charge in [0.05, 0.1) is 25.9 Å². The quantitative estimate of drug-likeness (QED) is 0.780. The predicted molar refractivity (Wildman–Crippen MR) is 63.9 cm³/mol. The molecular weight excluding hydrogens is 220 g/mol. The third-order valence-electron chi connectivity index (χ3n) is 2.85. The molecule has 5 heteroatoms. The Morgan fingerprint density at radius 3 is 3.00 bits per heavy atom. The Morgan fingerprint density at radius 2 is 2.29 bits per heavy atom. The molecule has 1 aliphatic rings. The van der Waals surface area contributed by atoms with E-state index in [1.165, 1.54) is 0 Å². The third kappa shape index (κ3) is 2.94. The molecule has 0 spiro atoms. The van der Waals surface area contributed by atoms with Gasteiger partial charge in [-0.25, -0.2) is 4.98 Å². The molecule has 0 radical (unpaired) electrons. The second kappa shape index (κ2) is 5.44. The van der Waals surface area contributed by atoms with Crippen molar-refractivity contribution in [1.82, 2.24) is 4.98 Å². The summed E-state index contributed by atoms with van der Waals surface area (Å²) in [7, 11) is 0. The number of aliphatic hydroxyl groups is 2. The van der Waals surface area contributed by atoms with Crippen molar-refractivity contribution >= 4 is 5.82 Å². The Balaban J connectivity index is 2.18. The van der Waals surface area contributed by atoms with Crippen LogP contribution in [0, 0.1) is 6.92 Å². The first-order valence-corrected chi connectivity index (χ1v) is 5.78. The van der Waals surface area contributed by atoms with E-state index in [0.717, 1.165) is 23.6 Å². The molecule has 94 valence electrons. The van der Waals surface area contributed by atoms with Crippen molar-refractivity contribution in [1.29, 1.82) is 0 Å². The lowest BCUT2D eigenvalue weighted by atomic mass is 10.2. The van der Waals surface area contributed by atoms with Crippen molar-refractivity contribution in [3.63, 3.8) is 0 Å². The van der Waals surface area contributed by atoms with E-state index in [1.54, 1.807) is 0 Å². The van der Waals surface area contributed by atoms with Gasteiger partial charge in [0, 0.05) is 18.8 Å². The van der Waals surface area contributed by atoms with Gasteiger partial charge in [-0.3, -0.25) is 0 Å². The van der Waals surface area contributed by atoms with E-state index in [1.807, 2.05) is 19.1 Å². The highest BCUT2D eigenvalue weighted by Crippen LogP contribution is 2.18. The molecule has 0 aliphatic carbocycles. The molecule has 2 N–H and O–H groups in total. The van der Waals surface area contributed by atoms with Gasteiger partial charge in [0.2, 0.25) is 0 Å². The van der Waals surface area contributed by atoms with Crippen LogP contribution in [0.15, 0.2) is 12.1 Å². The number of hydrogen-bond acceptors (Lipinski definition) is 5. The van der Waals surface area contributed by atoms with Gasteiger partial charge in [-0.05, 0) is 24.6 Å². The molecule has 17 heavy (non-hydrogen) atoms. The minimum absolute atomic E-state index is 0.0180. The van der Waals surface area contributed by atoms with Crippen LogP contribution in [0.2, 0.25) is 0 Å². The van der Waals surface area contributed by atoms with Crippen LogP contribution >= 0.6 is 0 Å². The summed E-state index contributed by atoms with van der Waals surface area (Å²) in [5, 5.41) is 18.3. The maximum atomic E-state index is 9.17. The molecular formula is C12H18N2O3. The SMILES string of the molecule is Cc1cc(CO)cc(N2CCOC(CO)C2)n1. The average Bonchev–Trinajstić information content (AvgIpc) is 2.38. The van der Waals surface area contributed by atoms with Gasteiger partial charge >= 0.3 is 0 Å². The molecule has 0 bridgehead atoms. The minimum Gasteiger partial charge on any atom is -0.394 e. The second-order valence-corrected chi connectivity index (χ2v) is 4.25. The van der Waals surface area contributed by atoms with Crippen LogP contribution in [0.25, 0.3) is 0 Å². The van der Waals surface area contributed by atoms with Gasteiger partial charge in [-0.15, -0.1) is 0 Å². The number of aromatic nitrogens is 1. The predicted octanol–water partition coefficient (Wildman–Crippen LogP) is 0.0798. The van der Waals surface area contributed by atoms with Gasteiger partial charge < -0.3 is 19.8 Å². The van der Waals surface area contributed by atoms with Crippen molar-refractivity contribution in [3.05, 3.63) is 23.4 Å². The topological polar surface area (TPSA) is 65.8 Å². The fourth-order valence-electron chi connectivity index (χ4n) is 2.01. The molecule has 0 aromatic carbocycles. The summed E-state index contributed by atoms with van der Waals surface area (Å²) >= 11 is 0. The molecule has 0 saturated carbocycles. The van der Waals surface area contributed by atoms with E-state index in [-0.39, 0.29) is 19.3 Å². The zero-order valence-electron chi connectivity index (χ0n) is 9.96. The fourth-order valence-corrected chi connectivity index (χ4v) is 2.01. The zero-order chi connectivity index (χ0) is 12.3. The second-order valence-electron chi connectivity index (χ2n) is 4.25. The van der Waals surface area contributed by atoms with Crippen molar-refractivity contribution in [2.45, 2.75) is 19.6 Å². The minimum atomic E-state index is -0.149. The largest absolute Gasteiger partial charge is 0.394 e. The molecule has 2 rings (SSSR count). The first kappa shape index (κ1) is 12.3. The summed E-state index contributed by atoms with van der Waals surface area (Å²) in [6.07, 6.45) is -0.149. The zero-order valence-corrected chi connectivity index (χ0v) is 9.96. The molecule has 1 saturated heterocycles. The maximum Gasteiger partial charge on any atom is 0.129 e. The van der Waals surface area contributed by atoms with Gasteiger partial charge in [-0.2, -0.15) is 0 Å². The molecule has 1 aliphatic heterocycles. The van der Waals surface area contributed by atoms with Crippen molar-refractivity contribution in [2.75, 3.05) is 31.2 Å². The standard InChI is InChI=1S/C12H18N2O3/c1-9-4-10(7-15)5-12(13-9)14-2-3-17-11(6-14)8-16/h4-5,11,15-16H,2-3,6-8H2,1H3. The first-order chi connectivity index (χ1) is 8.22. The van der Waals surface area contributed by atoms with E-state index in [9.17, 15) is 5.11 Å². The lowest BCUT2D eigenvalue weighted by molar-refractivity contribution is 0.00335. The number of aliphatic hydroxyl groups excluding tert-OH is 2. The average molecular weight is 238 g/mol. The number of rotatable bonds is 3. The smallest absolute Gasteiger partial charge is 0.129 e. The van der Waals surface area contributed by atoms with E-state index in [0.29, 0.717) is 13.2 Å². The highest BCUT2D eigenvalue weighted by Gasteiger charge is 2.21. The van der Waals surface area contributed by atoms with E-state index in [2.05, 4.69) is 9.88 Å². The summed E-state index contributed by atoms with van der Waals surface area (Å²) in [6.45, 7) is 3.94. The highest BCUT2D eigenvalue weighted by atomic mass is 16.5. The number of hydrogen-bond donors (Lipinski definition) is 2.